The zero-order chi connectivity index (χ0) is 17.0. The SMILES string of the molecule is CCNC(=NCC1(O)CCC1)NCCc1c(C)[nH]c2ccccc12.I. The minimum absolute atomic E-state index is 0. The summed E-state index contributed by atoms with van der Waals surface area (Å²) >= 11 is 0. The molecular formula is C19H29IN4O. The maximum absolute atomic E-state index is 10.2. The molecule has 0 saturated heterocycles. The van der Waals surface area contributed by atoms with E-state index in [0.717, 1.165) is 44.7 Å². The monoisotopic (exact) mass is 456 g/mol. The van der Waals surface area contributed by atoms with Crippen molar-refractivity contribution < 1.29 is 5.11 Å². The van der Waals surface area contributed by atoms with Crippen LogP contribution < -0.4 is 10.6 Å². The highest BCUT2D eigenvalue weighted by Crippen LogP contribution is 2.31. The van der Waals surface area contributed by atoms with Gasteiger partial charge in [-0.1, -0.05) is 18.2 Å². The Labute approximate surface area is 166 Å². The van der Waals surface area contributed by atoms with Crippen molar-refractivity contribution in [1.82, 2.24) is 15.6 Å². The summed E-state index contributed by atoms with van der Waals surface area (Å²) in [7, 11) is 0. The van der Waals surface area contributed by atoms with Gasteiger partial charge in [-0.3, -0.25) is 4.99 Å². The number of nitrogens with one attached hydrogen (secondary N) is 3. The average Bonchev–Trinajstić information content (AvgIpc) is 2.86. The molecule has 25 heavy (non-hydrogen) atoms. The highest BCUT2D eigenvalue weighted by molar-refractivity contribution is 14.0. The van der Waals surface area contributed by atoms with Gasteiger partial charge >= 0.3 is 0 Å². The molecule has 5 nitrogen and oxygen atoms in total. The minimum atomic E-state index is -0.574. The second kappa shape index (κ2) is 8.89. The molecule has 2 aromatic rings. The molecule has 0 unspecified atom stereocenters. The third kappa shape index (κ3) is 4.88. The van der Waals surface area contributed by atoms with E-state index in [-0.39, 0.29) is 24.0 Å². The number of hydrogen-bond donors (Lipinski definition) is 4. The van der Waals surface area contributed by atoms with E-state index in [1.54, 1.807) is 0 Å². The maximum atomic E-state index is 10.2. The number of aliphatic imine (C=N–C) groups is 1. The molecule has 4 N–H and O–H groups in total. The minimum Gasteiger partial charge on any atom is -0.388 e. The fourth-order valence-corrected chi connectivity index (χ4v) is 3.27. The van der Waals surface area contributed by atoms with Crippen LogP contribution in [-0.2, 0) is 6.42 Å². The molecule has 6 heteroatoms. The largest absolute Gasteiger partial charge is 0.388 e. The lowest BCUT2D eigenvalue weighted by molar-refractivity contribution is -0.0236. The van der Waals surface area contributed by atoms with Crippen LogP contribution in [0.5, 0.6) is 0 Å². The number of aromatic amines is 1. The predicted octanol–water partition coefficient (Wildman–Crippen LogP) is 3.11. The third-order valence-corrected chi connectivity index (χ3v) is 4.85. The Morgan fingerprint density at radius 3 is 2.72 bits per heavy atom. The van der Waals surface area contributed by atoms with Gasteiger partial charge in [-0.15, -0.1) is 24.0 Å². The molecule has 0 amide bonds. The number of guanidine groups is 1. The van der Waals surface area contributed by atoms with E-state index < -0.39 is 5.60 Å². The number of rotatable bonds is 6. The number of halogens is 1. The van der Waals surface area contributed by atoms with Crippen LogP contribution in [0.4, 0.5) is 0 Å². The Kier molecular flexibility index (Phi) is 7.13. The quantitative estimate of drug-likeness (QED) is 0.307. The van der Waals surface area contributed by atoms with Crippen molar-refractivity contribution in [2.75, 3.05) is 19.6 Å². The number of aliphatic hydroxyl groups is 1. The Hall–Kier alpha value is -1.28. The fraction of sp³-hybridized carbons (Fsp3) is 0.526. The fourth-order valence-electron chi connectivity index (χ4n) is 3.27. The van der Waals surface area contributed by atoms with Crippen LogP contribution in [0.3, 0.4) is 0 Å². The van der Waals surface area contributed by atoms with E-state index in [0.29, 0.717) is 6.54 Å². The second-order valence-electron chi connectivity index (χ2n) is 6.72. The molecule has 1 fully saturated rings. The number of aromatic nitrogens is 1. The van der Waals surface area contributed by atoms with Crippen LogP contribution >= 0.6 is 24.0 Å². The van der Waals surface area contributed by atoms with Gasteiger partial charge in [0.1, 0.15) is 0 Å². The molecular weight excluding hydrogens is 427 g/mol. The van der Waals surface area contributed by atoms with Crippen molar-refractivity contribution >= 4 is 40.8 Å². The van der Waals surface area contributed by atoms with Crippen molar-refractivity contribution in [1.29, 1.82) is 0 Å². The average molecular weight is 456 g/mol. The van der Waals surface area contributed by atoms with Crippen LogP contribution in [0.2, 0.25) is 0 Å². The van der Waals surface area contributed by atoms with Gasteiger partial charge in [0.2, 0.25) is 0 Å². The van der Waals surface area contributed by atoms with Gasteiger partial charge in [0.15, 0.2) is 5.96 Å². The van der Waals surface area contributed by atoms with Gasteiger partial charge in [-0.25, -0.2) is 0 Å². The summed E-state index contributed by atoms with van der Waals surface area (Å²) in [6.07, 6.45) is 3.77. The van der Waals surface area contributed by atoms with Gasteiger partial charge in [0.25, 0.3) is 0 Å². The zero-order valence-corrected chi connectivity index (χ0v) is 17.4. The first-order chi connectivity index (χ1) is 11.6. The Morgan fingerprint density at radius 2 is 2.04 bits per heavy atom. The predicted molar refractivity (Wildman–Crippen MR) is 115 cm³/mol. The third-order valence-electron chi connectivity index (χ3n) is 4.85. The van der Waals surface area contributed by atoms with E-state index in [1.165, 1.54) is 22.2 Å². The van der Waals surface area contributed by atoms with Crippen molar-refractivity contribution in [2.24, 2.45) is 4.99 Å². The molecule has 0 radical (unpaired) electrons. The summed E-state index contributed by atoms with van der Waals surface area (Å²) in [6.45, 7) is 6.29. The van der Waals surface area contributed by atoms with Gasteiger partial charge in [0, 0.05) is 29.7 Å². The number of fused-ring (bicyclic) bond motifs is 1. The van der Waals surface area contributed by atoms with Gasteiger partial charge < -0.3 is 20.7 Å². The Balaban J connectivity index is 0.00000225. The number of aryl methyl sites for hydroxylation is 1. The highest BCUT2D eigenvalue weighted by Gasteiger charge is 2.34. The van der Waals surface area contributed by atoms with Crippen LogP contribution in [0.15, 0.2) is 29.3 Å². The first-order valence-electron chi connectivity index (χ1n) is 8.92. The van der Waals surface area contributed by atoms with Crippen molar-refractivity contribution in [3.8, 4) is 0 Å². The van der Waals surface area contributed by atoms with Crippen LogP contribution in [0, 0.1) is 6.92 Å². The topological polar surface area (TPSA) is 72.4 Å². The summed E-state index contributed by atoms with van der Waals surface area (Å²) in [6, 6.07) is 8.42. The summed E-state index contributed by atoms with van der Waals surface area (Å²) in [5, 5.41) is 18.1. The van der Waals surface area contributed by atoms with Crippen molar-refractivity contribution in [3.05, 3.63) is 35.5 Å². The van der Waals surface area contributed by atoms with E-state index in [9.17, 15) is 5.11 Å². The molecule has 1 aromatic heterocycles. The normalized spacial score (nSPS) is 16.2. The standard InChI is InChI=1S/C19H28N4O.HI/c1-3-20-18(22-13-19(24)10-6-11-19)21-12-9-15-14(2)23-17-8-5-4-7-16(15)17;/h4-5,7-8,23-24H,3,6,9-13H2,1-2H3,(H2,20,21,22);1H. The molecule has 1 aromatic carbocycles. The lowest BCUT2D eigenvalue weighted by Crippen LogP contribution is -2.43. The first-order valence-corrected chi connectivity index (χ1v) is 8.92. The van der Waals surface area contributed by atoms with Crippen molar-refractivity contribution in [2.45, 2.75) is 45.1 Å². The van der Waals surface area contributed by atoms with E-state index >= 15 is 0 Å². The lowest BCUT2D eigenvalue weighted by atomic mass is 9.80. The number of H-pyrrole nitrogens is 1. The van der Waals surface area contributed by atoms with Crippen LogP contribution in [0.1, 0.15) is 37.4 Å². The molecule has 0 spiro atoms. The smallest absolute Gasteiger partial charge is 0.191 e. The van der Waals surface area contributed by atoms with Gasteiger partial charge in [0.05, 0.1) is 12.1 Å². The molecule has 1 saturated carbocycles. The van der Waals surface area contributed by atoms with Crippen molar-refractivity contribution in [3.63, 3.8) is 0 Å². The molecule has 0 atom stereocenters. The number of para-hydroxylation sites is 1. The molecule has 1 aliphatic rings. The first kappa shape index (κ1) is 20.0. The number of nitrogens with zero attached hydrogens (tertiary/aromatic N) is 1. The molecule has 0 aliphatic heterocycles. The summed E-state index contributed by atoms with van der Waals surface area (Å²) in [4.78, 5) is 7.99. The van der Waals surface area contributed by atoms with Gasteiger partial charge in [-0.05, 0) is 51.2 Å². The number of benzene rings is 1. The molecule has 1 heterocycles. The Morgan fingerprint density at radius 1 is 1.28 bits per heavy atom. The molecule has 1 aliphatic carbocycles. The van der Waals surface area contributed by atoms with Crippen LogP contribution in [-0.4, -0.2) is 41.3 Å². The van der Waals surface area contributed by atoms with Crippen LogP contribution in [0.25, 0.3) is 10.9 Å². The highest BCUT2D eigenvalue weighted by atomic mass is 127. The summed E-state index contributed by atoms with van der Waals surface area (Å²) < 4.78 is 0. The maximum Gasteiger partial charge on any atom is 0.191 e. The molecule has 3 rings (SSSR count). The van der Waals surface area contributed by atoms with E-state index in [4.69, 9.17) is 0 Å². The molecule has 138 valence electrons. The summed E-state index contributed by atoms with van der Waals surface area (Å²) in [5.41, 5.74) is 3.20. The number of hydrogen-bond acceptors (Lipinski definition) is 2. The second-order valence-corrected chi connectivity index (χ2v) is 6.72. The van der Waals surface area contributed by atoms with E-state index in [2.05, 4.69) is 58.7 Å². The molecule has 0 bridgehead atoms. The zero-order valence-electron chi connectivity index (χ0n) is 15.1. The van der Waals surface area contributed by atoms with Gasteiger partial charge in [-0.2, -0.15) is 0 Å². The summed E-state index contributed by atoms with van der Waals surface area (Å²) in [5.74, 6) is 0.787. The Bertz CT molecular complexity index is 721. The lowest BCUT2D eigenvalue weighted by Gasteiger charge is -2.35. The van der Waals surface area contributed by atoms with E-state index in [1.807, 2.05) is 0 Å².